The van der Waals surface area contributed by atoms with Crippen molar-refractivity contribution in [2.24, 2.45) is 0 Å². The molecule has 17 heavy (non-hydrogen) atoms. The van der Waals surface area contributed by atoms with E-state index in [4.69, 9.17) is 11.6 Å². The average Bonchev–Trinajstić information content (AvgIpc) is 2.26. The highest BCUT2D eigenvalue weighted by Crippen LogP contribution is 2.23. The quantitative estimate of drug-likeness (QED) is 0.815. The third-order valence-electron chi connectivity index (χ3n) is 2.51. The van der Waals surface area contributed by atoms with E-state index in [0.717, 1.165) is 28.0 Å². The lowest BCUT2D eigenvalue weighted by atomic mass is 10.1. The third-order valence-corrected chi connectivity index (χ3v) is 3.33. The van der Waals surface area contributed by atoms with Crippen molar-refractivity contribution in [1.29, 1.82) is 0 Å². The Labute approximate surface area is 117 Å². The van der Waals surface area contributed by atoms with Gasteiger partial charge in [0.15, 0.2) is 0 Å². The molecule has 3 heteroatoms. The Kier molecular flexibility index (Phi) is 6.24. The smallest absolute Gasteiger partial charge is 0.0489 e. The van der Waals surface area contributed by atoms with Gasteiger partial charge >= 0.3 is 0 Å². The fourth-order valence-electron chi connectivity index (χ4n) is 1.45. The monoisotopic (exact) mass is 315 g/mol. The van der Waals surface area contributed by atoms with E-state index in [2.05, 4.69) is 48.1 Å². The van der Waals surface area contributed by atoms with Gasteiger partial charge in [-0.15, -0.1) is 0 Å². The highest BCUT2D eigenvalue weighted by Gasteiger charge is 2.01. The molecule has 0 amide bonds. The van der Waals surface area contributed by atoms with Gasteiger partial charge in [-0.25, -0.2) is 0 Å². The van der Waals surface area contributed by atoms with Crippen LogP contribution < -0.4 is 5.32 Å². The number of hydrogen-bond donors (Lipinski definition) is 1. The van der Waals surface area contributed by atoms with Gasteiger partial charge in [0.25, 0.3) is 0 Å². The zero-order valence-electron chi connectivity index (χ0n) is 10.6. The van der Waals surface area contributed by atoms with E-state index in [9.17, 15) is 0 Å². The van der Waals surface area contributed by atoms with Crippen molar-refractivity contribution < 1.29 is 0 Å². The van der Waals surface area contributed by atoms with E-state index in [1.807, 2.05) is 18.2 Å². The van der Waals surface area contributed by atoms with Gasteiger partial charge in [0.05, 0.1) is 0 Å². The molecule has 94 valence electrons. The summed E-state index contributed by atoms with van der Waals surface area (Å²) in [5.41, 5.74) is 2.44. The summed E-state index contributed by atoms with van der Waals surface area (Å²) in [6, 6.07) is 6.49. The van der Waals surface area contributed by atoms with Gasteiger partial charge in [-0.3, -0.25) is 0 Å². The zero-order valence-corrected chi connectivity index (χ0v) is 12.9. The van der Waals surface area contributed by atoms with Gasteiger partial charge in [0.1, 0.15) is 0 Å². The van der Waals surface area contributed by atoms with Crippen LogP contribution in [0.1, 0.15) is 32.8 Å². The zero-order chi connectivity index (χ0) is 12.8. The van der Waals surface area contributed by atoms with Crippen LogP contribution in [-0.2, 0) is 0 Å². The van der Waals surface area contributed by atoms with Crippen LogP contribution >= 0.6 is 27.5 Å². The predicted molar refractivity (Wildman–Crippen MR) is 80.6 cm³/mol. The second-order valence-electron chi connectivity index (χ2n) is 4.36. The molecular formula is C14H19BrClN. The van der Waals surface area contributed by atoms with Crippen LogP contribution in [0.2, 0.25) is 5.02 Å². The van der Waals surface area contributed by atoms with Gasteiger partial charge in [-0.05, 0) is 24.1 Å². The molecule has 0 aliphatic rings. The Hall–Kier alpha value is -0.310. The van der Waals surface area contributed by atoms with Crippen LogP contribution in [0.5, 0.6) is 0 Å². The van der Waals surface area contributed by atoms with Gasteiger partial charge < -0.3 is 5.32 Å². The molecule has 0 fully saturated rings. The predicted octanol–water partition coefficient (Wildman–Crippen LogP) is 4.89. The van der Waals surface area contributed by atoms with Gasteiger partial charge in [-0.1, -0.05) is 66.0 Å². The number of rotatable bonds is 5. The van der Waals surface area contributed by atoms with Crippen molar-refractivity contribution in [3.05, 3.63) is 38.8 Å². The van der Waals surface area contributed by atoms with E-state index in [0.29, 0.717) is 6.04 Å². The molecule has 1 rings (SSSR count). The van der Waals surface area contributed by atoms with Crippen molar-refractivity contribution in [2.75, 3.05) is 6.54 Å². The first kappa shape index (κ1) is 14.7. The van der Waals surface area contributed by atoms with Crippen LogP contribution in [0, 0.1) is 0 Å². The van der Waals surface area contributed by atoms with Crippen LogP contribution in [0.25, 0.3) is 6.08 Å². The lowest BCUT2D eigenvalue weighted by Crippen LogP contribution is -2.24. The number of nitrogens with one attached hydrogen (secondary N) is 1. The highest BCUT2D eigenvalue weighted by atomic mass is 79.9. The molecule has 0 atom stereocenters. The second-order valence-corrected chi connectivity index (χ2v) is 5.68. The first-order valence-electron chi connectivity index (χ1n) is 5.90. The summed E-state index contributed by atoms with van der Waals surface area (Å²) in [6.45, 7) is 7.39. The van der Waals surface area contributed by atoms with Gasteiger partial charge in [-0.2, -0.15) is 0 Å². The molecule has 1 nitrogen and oxygen atoms in total. The summed E-state index contributed by atoms with van der Waals surface area (Å²) in [5.74, 6) is 0. The second kappa shape index (κ2) is 7.20. The fourth-order valence-corrected chi connectivity index (χ4v) is 2.18. The van der Waals surface area contributed by atoms with E-state index >= 15 is 0 Å². The minimum Gasteiger partial charge on any atom is -0.311 e. The molecule has 0 aliphatic heterocycles. The summed E-state index contributed by atoms with van der Waals surface area (Å²) < 4.78 is 1.01. The summed E-state index contributed by atoms with van der Waals surface area (Å²) >= 11 is 9.61. The van der Waals surface area contributed by atoms with Gasteiger partial charge in [0, 0.05) is 22.1 Å². The van der Waals surface area contributed by atoms with Crippen molar-refractivity contribution in [1.82, 2.24) is 5.32 Å². The summed E-state index contributed by atoms with van der Waals surface area (Å²) in [6.07, 6.45) is 3.20. The lowest BCUT2D eigenvalue weighted by Gasteiger charge is -2.10. The number of halogens is 2. The minimum absolute atomic E-state index is 0.505. The van der Waals surface area contributed by atoms with Crippen LogP contribution in [-0.4, -0.2) is 12.6 Å². The van der Waals surface area contributed by atoms with E-state index in [1.54, 1.807) is 0 Å². The molecule has 0 aromatic heterocycles. The molecule has 0 saturated heterocycles. The fraction of sp³-hybridized carbons (Fsp3) is 0.429. The van der Waals surface area contributed by atoms with Crippen molar-refractivity contribution in [3.8, 4) is 0 Å². The van der Waals surface area contributed by atoms with E-state index < -0.39 is 0 Å². The summed E-state index contributed by atoms with van der Waals surface area (Å²) in [5, 5.41) is 4.21. The molecule has 0 bridgehead atoms. The first-order valence-corrected chi connectivity index (χ1v) is 7.08. The van der Waals surface area contributed by atoms with Crippen molar-refractivity contribution in [3.63, 3.8) is 0 Å². The Morgan fingerprint density at radius 1 is 1.47 bits per heavy atom. The molecule has 0 unspecified atom stereocenters. The molecule has 1 N–H and O–H groups in total. The van der Waals surface area contributed by atoms with Crippen LogP contribution in [0.3, 0.4) is 0 Å². The van der Waals surface area contributed by atoms with E-state index in [-0.39, 0.29) is 0 Å². The van der Waals surface area contributed by atoms with E-state index in [1.165, 1.54) is 5.57 Å². The molecule has 0 aliphatic carbocycles. The maximum atomic E-state index is 6.20. The normalized spacial score (nSPS) is 12.2. The molecule has 0 radical (unpaired) electrons. The Morgan fingerprint density at radius 3 is 2.71 bits per heavy atom. The lowest BCUT2D eigenvalue weighted by molar-refractivity contribution is 0.617. The van der Waals surface area contributed by atoms with Crippen LogP contribution in [0.15, 0.2) is 28.2 Å². The number of benzene rings is 1. The molecule has 1 aromatic rings. The number of hydrogen-bond acceptors (Lipinski definition) is 1. The standard InChI is InChI=1S/C14H19BrClN/c1-4-11(9-17-10(2)3)7-12-5-6-13(15)8-14(12)16/h5-8,10,17H,4,9H2,1-3H3/b11-7-. The van der Waals surface area contributed by atoms with Crippen molar-refractivity contribution in [2.45, 2.75) is 33.2 Å². The molecular weight excluding hydrogens is 298 g/mol. The molecule has 0 heterocycles. The average molecular weight is 317 g/mol. The highest BCUT2D eigenvalue weighted by molar-refractivity contribution is 9.10. The molecule has 0 saturated carbocycles. The summed E-state index contributed by atoms with van der Waals surface area (Å²) in [7, 11) is 0. The minimum atomic E-state index is 0.505. The van der Waals surface area contributed by atoms with Crippen molar-refractivity contribution >= 4 is 33.6 Å². The topological polar surface area (TPSA) is 12.0 Å². The molecule has 0 spiro atoms. The van der Waals surface area contributed by atoms with Crippen LogP contribution in [0.4, 0.5) is 0 Å². The maximum absolute atomic E-state index is 6.20. The van der Waals surface area contributed by atoms with Gasteiger partial charge in [0.2, 0.25) is 0 Å². The maximum Gasteiger partial charge on any atom is 0.0489 e. The molecule has 1 aromatic carbocycles. The Balaban J connectivity index is 2.82. The third kappa shape index (κ3) is 5.24. The SMILES string of the molecule is CC/C(=C/c1ccc(Br)cc1Cl)CNC(C)C. The Morgan fingerprint density at radius 2 is 2.18 bits per heavy atom. The largest absolute Gasteiger partial charge is 0.311 e. The summed E-state index contributed by atoms with van der Waals surface area (Å²) in [4.78, 5) is 0. The Bertz CT molecular complexity index is 399. The first-order chi connectivity index (χ1) is 8.02.